The molecule has 0 atom stereocenters. The Kier molecular flexibility index (Phi) is 5.55. The lowest BCUT2D eigenvalue weighted by molar-refractivity contribution is 0.628. The van der Waals surface area contributed by atoms with Crippen molar-refractivity contribution < 1.29 is 4.39 Å². The molecule has 0 bridgehead atoms. The van der Waals surface area contributed by atoms with Crippen LogP contribution in [0.25, 0.3) is 40.1 Å². The Hall–Kier alpha value is -4.69. The van der Waals surface area contributed by atoms with E-state index in [2.05, 4.69) is 10.1 Å². The van der Waals surface area contributed by atoms with Crippen LogP contribution in [0.4, 0.5) is 4.39 Å². The van der Waals surface area contributed by atoms with Crippen molar-refractivity contribution in [3.05, 3.63) is 129 Å². The summed E-state index contributed by atoms with van der Waals surface area (Å²) in [4.78, 5) is 18.1. The van der Waals surface area contributed by atoms with Crippen LogP contribution >= 0.6 is 11.3 Å². The second-order valence-electron chi connectivity index (χ2n) is 8.04. The molecule has 0 amide bonds. The average molecular weight is 492 g/mol. The van der Waals surface area contributed by atoms with Crippen LogP contribution in [0.15, 0.2) is 95.9 Å². The molecule has 0 N–H and O–H groups in total. The van der Waals surface area contributed by atoms with Crippen LogP contribution in [0.2, 0.25) is 0 Å². The van der Waals surface area contributed by atoms with Crippen molar-refractivity contribution in [1.82, 2.24) is 24.4 Å². The quantitative estimate of drug-likeness (QED) is 0.346. The summed E-state index contributed by atoms with van der Waals surface area (Å²) in [7, 11) is 0. The Morgan fingerprint density at radius 3 is 2.28 bits per heavy atom. The maximum absolute atomic E-state index is 13.1. The first-order valence-corrected chi connectivity index (χ1v) is 12.0. The second kappa shape index (κ2) is 9.16. The number of hydrogen-bond donors (Lipinski definition) is 0. The molecule has 3 heterocycles. The summed E-state index contributed by atoms with van der Waals surface area (Å²) in [6, 6.07) is 25.8. The van der Waals surface area contributed by atoms with Crippen LogP contribution in [0.3, 0.4) is 0 Å². The van der Waals surface area contributed by atoms with Crippen LogP contribution in [0, 0.1) is 5.82 Å². The Labute approximate surface area is 208 Å². The van der Waals surface area contributed by atoms with Crippen molar-refractivity contribution in [2.45, 2.75) is 0 Å². The third-order valence-corrected chi connectivity index (χ3v) is 6.55. The summed E-state index contributed by atoms with van der Waals surface area (Å²) in [5.41, 5.74) is 4.06. The molecule has 3 aromatic heterocycles. The first-order valence-electron chi connectivity index (χ1n) is 11.2. The van der Waals surface area contributed by atoms with Gasteiger partial charge >= 0.3 is 0 Å². The standard InChI is InChI=1S/C28H18FN5OS/c29-22-14-11-19(12-15-22)13-16-25-30-28-34(31-25)27(35)24(36-28)17-21-18-33(23-9-5-2-6-10-23)32-26(21)20-7-3-1-4-8-20/h1-18H/b16-13+,24-17-. The number of halogens is 1. The predicted octanol–water partition coefficient (Wildman–Crippen LogP) is 4.86. The van der Waals surface area contributed by atoms with E-state index in [1.54, 1.807) is 24.3 Å². The number of thiazole rings is 1. The highest BCUT2D eigenvalue weighted by Crippen LogP contribution is 2.24. The van der Waals surface area contributed by atoms with Crippen molar-refractivity contribution in [2.75, 3.05) is 0 Å². The van der Waals surface area contributed by atoms with E-state index < -0.39 is 0 Å². The maximum atomic E-state index is 13.1. The van der Waals surface area contributed by atoms with Gasteiger partial charge in [-0.3, -0.25) is 4.79 Å². The zero-order chi connectivity index (χ0) is 24.5. The highest BCUT2D eigenvalue weighted by atomic mass is 32.1. The molecule has 0 saturated carbocycles. The van der Waals surface area contributed by atoms with Crippen molar-refractivity contribution in [2.24, 2.45) is 0 Å². The number of aromatic nitrogens is 5. The Bertz CT molecular complexity index is 1800. The molecule has 6 rings (SSSR count). The molecule has 174 valence electrons. The van der Waals surface area contributed by atoms with Crippen molar-refractivity contribution in [3.63, 3.8) is 0 Å². The van der Waals surface area contributed by atoms with E-state index in [0.717, 1.165) is 28.1 Å². The summed E-state index contributed by atoms with van der Waals surface area (Å²) >= 11 is 1.27. The minimum atomic E-state index is -0.294. The van der Waals surface area contributed by atoms with Crippen molar-refractivity contribution in [1.29, 1.82) is 0 Å². The number of nitrogens with zero attached hydrogens (tertiary/aromatic N) is 5. The molecule has 8 heteroatoms. The van der Waals surface area contributed by atoms with Gasteiger partial charge in [0.1, 0.15) is 5.82 Å². The average Bonchev–Trinajstić information content (AvgIpc) is 3.60. The Balaban J connectivity index is 1.40. The van der Waals surface area contributed by atoms with Gasteiger partial charge in [0, 0.05) is 17.3 Å². The smallest absolute Gasteiger partial charge is 0.266 e. The summed E-state index contributed by atoms with van der Waals surface area (Å²) < 4.78 is 16.7. The molecule has 0 aliphatic heterocycles. The van der Waals surface area contributed by atoms with E-state index in [9.17, 15) is 9.18 Å². The molecule has 0 aliphatic rings. The molecular weight excluding hydrogens is 473 g/mol. The zero-order valence-corrected chi connectivity index (χ0v) is 19.6. The lowest BCUT2D eigenvalue weighted by Gasteiger charge is -2.00. The van der Waals surface area contributed by atoms with Gasteiger partial charge in [-0.1, -0.05) is 78.1 Å². The van der Waals surface area contributed by atoms with E-state index in [1.165, 1.54) is 28.0 Å². The summed E-state index contributed by atoms with van der Waals surface area (Å²) in [6.07, 6.45) is 7.24. The number of benzene rings is 3. The largest absolute Gasteiger partial charge is 0.291 e. The fourth-order valence-corrected chi connectivity index (χ4v) is 4.74. The van der Waals surface area contributed by atoms with Gasteiger partial charge in [-0.25, -0.2) is 9.07 Å². The van der Waals surface area contributed by atoms with E-state index in [-0.39, 0.29) is 11.4 Å². The summed E-state index contributed by atoms with van der Waals surface area (Å²) in [6.45, 7) is 0. The lowest BCUT2D eigenvalue weighted by Crippen LogP contribution is -2.23. The van der Waals surface area contributed by atoms with Gasteiger partial charge in [0.25, 0.3) is 5.56 Å². The maximum Gasteiger partial charge on any atom is 0.291 e. The zero-order valence-electron chi connectivity index (χ0n) is 18.8. The molecule has 0 aliphatic carbocycles. The number of fused-ring (bicyclic) bond motifs is 1. The predicted molar refractivity (Wildman–Crippen MR) is 140 cm³/mol. The number of hydrogen-bond acceptors (Lipinski definition) is 5. The van der Waals surface area contributed by atoms with Gasteiger partial charge in [-0.2, -0.15) is 14.6 Å². The van der Waals surface area contributed by atoms with E-state index in [1.807, 2.05) is 77.6 Å². The second-order valence-corrected chi connectivity index (χ2v) is 9.05. The van der Waals surface area contributed by atoms with Crippen LogP contribution in [-0.2, 0) is 0 Å². The highest BCUT2D eigenvalue weighted by molar-refractivity contribution is 7.15. The molecule has 6 aromatic rings. The van der Waals surface area contributed by atoms with Gasteiger partial charge in [-0.05, 0) is 42.0 Å². The van der Waals surface area contributed by atoms with Gasteiger partial charge < -0.3 is 0 Å². The van der Waals surface area contributed by atoms with Gasteiger partial charge in [0.05, 0.1) is 15.9 Å². The monoisotopic (exact) mass is 491 g/mol. The molecular formula is C28H18FN5OS. The number of rotatable bonds is 5. The molecule has 3 aromatic carbocycles. The van der Waals surface area contributed by atoms with Crippen LogP contribution in [0.5, 0.6) is 0 Å². The first-order chi connectivity index (χ1) is 17.6. The number of para-hydroxylation sites is 1. The normalized spacial score (nSPS) is 12.2. The van der Waals surface area contributed by atoms with Crippen molar-refractivity contribution in [3.8, 4) is 16.9 Å². The Morgan fingerprint density at radius 2 is 1.56 bits per heavy atom. The van der Waals surface area contributed by atoms with E-state index in [4.69, 9.17) is 5.10 Å². The minimum Gasteiger partial charge on any atom is -0.266 e. The molecule has 0 unspecified atom stereocenters. The lowest BCUT2D eigenvalue weighted by atomic mass is 10.1. The fraction of sp³-hybridized carbons (Fsp3) is 0. The third kappa shape index (κ3) is 4.25. The van der Waals surface area contributed by atoms with Gasteiger partial charge in [0.15, 0.2) is 5.82 Å². The molecule has 0 saturated heterocycles. The minimum absolute atomic E-state index is 0.240. The molecule has 36 heavy (non-hydrogen) atoms. The SMILES string of the molecule is O=c1/c(=C/c2cn(-c3ccccc3)nc2-c2ccccc2)sc2nc(/C=C/c3ccc(F)cc3)nn12. The fourth-order valence-electron chi connectivity index (χ4n) is 3.83. The van der Waals surface area contributed by atoms with Crippen molar-refractivity contribution >= 4 is 34.5 Å². The molecule has 0 spiro atoms. The first kappa shape index (κ1) is 21.8. The van der Waals surface area contributed by atoms with Crippen LogP contribution in [0.1, 0.15) is 17.0 Å². The van der Waals surface area contributed by atoms with Crippen LogP contribution < -0.4 is 10.1 Å². The van der Waals surface area contributed by atoms with Gasteiger partial charge in [-0.15, -0.1) is 5.10 Å². The summed E-state index contributed by atoms with van der Waals surface area (Å²) in [5.74, 6) is 0.119. The molecule has 0 radical (unpaired) electrons. The third-order valence-electron chi connectivity index (χ3n) is 5.59. The van der Waals surface area contributed by atoms with E-state index >= 15 is 0 Å². The van der Waals surface area contributed by atoms with Crippen LogP contribution in [-0.4, -0.2) is 24.4 Å². The Morgan fingerprint density at radius 1 is 0.833 bits per heavy atom. The molecule has 6 nitrogen and oxygen atoms in total. The van der Waals surface area contributed by atoms with E-state index in [0.29, 0.717) is 15.3 Å². The highest BCUT2D eigenvalue weighted by Gasteiger charge is 2.13. The molecule has 0 fully saturated rings. The van der Waals surface area contributed by atoms with Gasteiger partial charge in [0.2, 0.25) is 4.96 Å². The topological polar surface area (TPSA) is 65.1 Å². The summed E-state index contributed by atoms with van der Waals surface area (Å²) in [5, 5.41) is 9.15.